The topological polar surface area (TPSA) is 107 Å². The lowest BCUT2D eigenvalue weighted by atomic mass is 10.1. The SMILES string of the molecule is CCC(=O)CCC1N[C@@]23SCC(C(=O)O)N2C(=O)C(C)N3C1=O. The summed E-state index contributed by atoms with van der Waals surface area (Å²) in [4.78, 5) is 50.8. The van der Waals surface area contributed by atoms with E-state index in [9.17, 15) is 24.3 Å². The third-order valence-electron chi connectivity index (χ3n) is 4.68. The van der Waals surface area contributed by atoms with Gasteiger partial charge in [-0.2, -0.15) is 0 Å². The second-order valence-electron chi connectivity index (χ2n) is 5.99. The summed E-state index contributed by atoms with van der Waals surface area (Å²) >= 11 is 1.26. The molecule has 3 rings (SSSR count). The predicted molar refractivity (Wildman–Crippen MR) is 81.2 cm³/mol. The summed E-state index contributed by atoms with van der Waals surface area (Å²) in [6, 6.07) is -2.21. The van der Waals surface area contributed by atoms with Crippen LogP contribution in [0.4, 0.5) is 0 Å². The van der Waals surface area contributed by atoms with Gasteiger partial charge >= 0.3 is 5.97 Å². The van der Waals surface area contributed by atoms with E-state index < -0.39 is 29.2 Å². The smallest absolute Gasteiger partial charge is 0.327 e. The summed E-state index contributed by atoms with van der Waals surface area (Å²) in [5.41, 5.74) is 0. The third-order valence-corrected chi connectivity index (χ3v) is 6.07. The van der Waals surface area contributed by atoms with Crippen LogP contribution in [0.3, 0.4) is 0 Å². The van der Waals surface area contributed by atoms with Crippen molar-refractivity contribution in [3.05, 3.63) is 0 Å². The first kappa shape index (κ1) is 16.3. The van der Waals surface area contributed by atoms with E-state index in [-0.39, 0.29) is 23.4 Å². The molecule has 2 N–H and O–H groups in total. The number of carbonyl (C=O) groups is 4. The molecule has 3 fully saturated rings. The molecule has 3 heterocycles. The molecule has 8 nitrogen and oxygen atoms in total. The van der Waals surface area contributed by atoms with Crippen molar-refractivity contribution in [3.63, 3.8) is 0 Å². The average molecular weight is 341 g/mol. The molecule has 2 amide bonds. The molecule has 4 atom stereocenters. The molecule has 0 aromatic rings. The number of aliphatic carboxylic acids is 1. The number of nitrogens with one attached hydrogen (secondary N) is 1. The fraction of sp³-hybridized carbons (Fsp3) is 0.714. The molecule has 3 saturated heterocycles. The van der Waals surface area contributed by atoms with Crippen LogP contribution in [0.15, 0.2) is 0 Å². The number of rotatable bonds is 5. The third kappa shape index (κ3) is 2.17. The Morgan fingerprint density at radius 2 is 2.04 bits per heavy atom. The molecule has 1 spiro atoms. The number of carboxylic acid groups (broad SMARTS) is 1. The van der Waals surface area contributed by atoms with Crippen molar-refractivity contribution in [1.29, 1.82) is 0 Å². The van der Waals surface area contributed by atoms with E-state index >= 15 is 0 Å². The quantitative estimate of drug-likeness (QED) is 0.700. The number of hydrogen-bond donors (Lipinski definition) is 2. The maximum atomic E-state index is 12.7. The standard InChI is InChI=1S/C14H19N3O5S/c1-3-8(18)4-5-9-12(20)16-7(2)11(19)17-10(13(21)22)6-23-14(16,17)15-9/h7,9-10,15H,3-6H2,1-2H3,(H,21,22)/t7?,9?,10?,14-/m0/s1. The molecule has 9 heteroatoms. The second kappa shape index (κ2) is 5.48. The van der Waals surface area contributed by atoms with Gasteiger partial charge < -0.3 is 5.11 Å². The van der Waals surface area contributed by atoms with Gasteiger partial charge in [-0.25, -0.2) is 4.79 Å². The van der Waals surface area contributed by atoms with Crippen LogP contribution in [0, 0.1) is 0 Å². The van der Waals surface area contributed by atoms with Crippen LogP contribution in [0.1, 0.15) is 33.1 Å². The zero-order valence-corrected chi connectivity index (χ0v) is 13.8. The van der Waals surface area contributed by atoms with Crippen LogP contribution in [0.2, 0.25) is 0 Å². The minimum Gasteiger partial charge on any atom is -0.480 e. The van der Waals surface area contributed by atoms with Gasteiger partial charge in [0.15, 0.2) is 0 Å². The lowest BCUT2D eigenvalue weighted by Crippen LogP contribution is -2.57. The van der Waals surface area contributed by atoms with Gasteiger partial charge in [0.1, 0.15) is 17.9 Å². The molecule has 0 radical (unpaired) electrons. The predicted octanol–water partition coefficient (Wildman–Crippen LogP) is -0.412. The number of hydrogen-bond acceptors (Lipinski definition) is 6. The van der Waals surface area contributed by atoms with Gasteiger partial charge in [-0.05, 0) is 13.3 Å². The largest absolute Gasteiger partial charge is 0.480 e. The van der Waals surface area contributed by atoms with Crippen LogP contribution >= 0.6 is 11.8 Å². The fourth-order valence-electron chi connectivity index (χ4n) is 3.45. The van der Waals surface area contributed by atoms with Gasteiger partial charge in [0.2, 0.25) is 16.9 Å². The Morgan fingerprint density at radius 3 is 2.65 bits per heavy atom. The molecule has 0 aromatic heterocycles. The molecule has 0 bridgehead atoms. The first-order valence-electron chi connectivity index (χ1n) is 7.66. The zero-order chi connectivity index (χ0) is 16.9. The summed E-state index contributed by atoms with van der Waals surface area (Å²) in [5, 5.41) is 11.4. The molecular weight excluding hydrogens is 322 g/mol. The summed E-state index contributed by atoms with van der Waals surface area (Å²) < 4.78 is 0. The van der Waals surface area contributed by atoms with Gasteiger partial charge in [-0.1, -0.05) is 18.7 Å². The van der Waals surface area contributed by atoms with Crippen molar-refractivity contribution in [2.75, 3.05) is 5.75 Å². The van der Waals surface area contributed by atoms with E-state index in [1.165, 1.54) is 21.6 Å². The van der Waals surface area contributed by atoms with Gasteiger partial charge in [-0.3, -0.25) is 29.5 Å². The lowest BCUT2D eigenvalue weighted by molar-refractivity contribution is -0.149. The Morgan fingerprint density at radius 1 is 1.35 bits per heavy atom. The van der Waals surface area contributed by atoms with Crippen molar-refractivity contribution >= 4 is 35.3 Å². The zero-order valence-electron chi connectivity index (χ0n) is 12.9. The minimum absolute atomic E-state index is 0.0765. The molecule has 3 aliphatic rings. The van der Waals surface area contributed by atoms with Gasteiger partial charge in [0, 0.05) is 18.6 Å². The van der Waals surface area contributed by atoms with Crippen LogP contribution in [-0.2, 0) is 19.2 Å². The molecular formula is C14H19N3O5S. The minimum atomic E-state index is -1.11. The van der Waals surface area contributed by atoms with Gasteiger partial charge in [-0.15, -0.1) is 0 Å². The monoisotopic (exact) mass is 341 g/mol. The van der Waals surface area contributed by atoms with E-state index in [0.29, 0.717) is 19.3 Å². The second-order valence-corrected chi connectivity index (χ2v) is 7.18. The number of nitrogens with zero attached hydrogens (tertiary/aromatic N) is 2. The first-order valence-corrected chi connectivity index (χ1v) is 8.64. The van der Waals surface area contributed by atoms with E-state index in [1.807, 2.05) is 0 Å². The molecule has 3 aliphatic heterocycles. The Bertz CT molecular complexity index is 597. The van der Waals surface area contributed by atoms with Gasteiger partial charge in [0.25, 0.3) is 0 Å². The maximum Gasteiger partial charge on any atom is 0.327 e. The van der Waals surface area contributed by atoms with E-state index in [0.717, 1.165) is 0 Å². The normalized spacial score (nSPS) is 35.7. The highest BCUT2D eigenvalue weighted by Crippen LogP contribution is 2.49. The van der Waals surface area contributed by atoms with Crippen LogP contribution in [0.25, 0.3) is 0 Å². The Kier molecular flexibility index (Phi) is 3.88. The molecule has 23 heavy (non-hydrogen) atoms. The van der Waals surface area contributed by atoms with Crippen molar-refractivity contribution in [2.45, 2.75) is 56.4 Å². The number of ketones is 1. The van der Waals surface area contributed by atoms with E-state index in [1.54, 1.807) is 13.8 Å². The summed E-state index contributed by atoms with van der Waals surface area (Å²) in [6.45, 7) is 3.39. The summed E-state index contributed by atoms with van der Waals surface area (Å²) in [7, 11) is 0. The van der Waals surface area contributed by atoms with E-state index in [4.69, 9.17) is 0 Å². The van der Waals surface area contributed by atoms with Crippen LogP contribution in [0.5, 0.6) is 0 Å². The number of carbonyl (C=O) groups excluding carboxylic acids is 3. The van der Waals surface area contributed by atoms with E-state index in [2.05, 4.69) is 5.32 Å². The lowest BCUT2D eigenvalue weighted by Gasteiger charge is -2.33. The molecule has 3 unspecified atom stereocenters. The highest BCUT2D eigenvalue weighted by atomic mass is 32.2. The molecule has 0 aromatic carbocycles. The number of Topliss-reactive ketones (excluding diaryl/α,β-unsaturated/α-hetero) is 1. The van der Waals surface area contributed by atoms with Crippen LogP contribution < -0.4 is 5.32 Å². The number of carboxylic acids is 1. The summed E-state index contributed by atoms with van der Waals surface area (Å²) in [5.74, 6) is -1.36. The molecule has 0 saturated carbocycles. The average Bonchev–Trinajstić information content (AvgIpc) is 3.08. The van der Waals surface area contributed by atoms with Crippen molar-refractivity contribution in [1.82, 2.24) is 15.1 Å². The highest BCUT2D eigenvalue weighted by Gasteiger charge is 2.69. The fourth-order valence-corrected chi connectivity index (χ4v) is 5.10. The van der Waals surface area contributed by atoms with Gasteiger partial charge in [0.05, 0.1) is 6.04 Å². The number of thioether (sulfide) groups is 1. The van der Waals surface area contributed by atoms with Crippen LogP contribution in [-0.4, -0.2) is 67.5 Å². The Labute approximate surface area is 137 Å². The molecule has 126 valence electrons. The van der Waals surface area contributed by atoms with Crippen molar-refractivity contribution < 1.29 is 24.3 Å². The highest BCUT2D eigenvalue weighted by molar-refractivity contribution is 8.00. The number of amides is 2. The first-order chi connectivity index (χ1) is 10.8. The van der Waals surface area contributed by atoms with Crippen molar-refractivity contribution in [3.8, 4) is 0 Å². The maximum absolute atomic E-state index is 12.7. The van der Waals surface area contributed by atoms with Crippen molar-refractivity contribution in [2.24, 2.45) is 0 Å². The molecule has 0 aliphatic carbocycles. The Balaban J connectivity index is 1.87. The summed E-state index contributed by atoms with van der Waals surface area (Å²) in [6.07, 6.45) is 1.07. The Hall–Kier alpha value is -1.61.